The molecule has 0 aliphatic heterocycles. The smallest absolute Gasteiger partial charge is 0.0964 e. The predicted octanol–water partition coefficient (Wildman–Crippen LogP) is 2.31. The van der Waals surface area contributed by atoms with E-state index in [1.165, 1.54) is 0 Å². The van der Waals surface area contributed by atoms with Crippen LogP contribution in [0.2, 0.25) is 0 Å². The lowest BCUT2D eigenvalue weighted by atomic mass is 10.2. The molecule has 0 aliphatic carbocycles. The number of halogens is 2. The van der Waals surface area contributed by atoms with E-state index in [9.17, 15) is 0 Å². The zero-order valence-corrected chi connectivity index (χ0v) is 11.4. The molecule has 1 rings (SSSR count). The Kier molecular flexibility index (Phi) is 9.13. The fourth-order valence-electron chi connectivity index (χ4n) is 0.957. The monoisotopic (exact) mass is 323 g/mol. The van der Waals surface area contributed by atoms with Gasteiger partial charge in [0.25, 0.3) is 0 Å². The third kappa shape index (κ3) is 5.36. The van der Waals surface area contributed by atoms with Crippen LogP contribution in [0.4, 0.5) is 5.69 Å². The highest BCUT2D eigenvalue weighted by atomic mass is 79.9. The van der Waals surface area contributed by atoms with Gasteiger partial charge >= 0.3 is 0 Å². The first-order valence-corrected chi connectivity index (χ1v) is 3.82. The maximum Gasteiger partial charge on any atom is 0.0964 e. The van der Waals surface area contributed by atoms with Gasteiger partial charge in [-0.2, -0.15) is 0 Å². The van der Waals surface area contributed by atoms with Crippen molar-refractivity contribution in [1.82, 2.24) is 0 Å². The van der Waals surface area contributed by atoms with E-state index in [0.29, 0.717) is 12.4 Å². The van der Waals surface area contributed by atoms with Gasteiger partial charge in [0.1, 0.15) is 0 Å². The number of aliphatic imine (C=N–C) groups is 1. The number of hydrogen-bond acceptors (Lipinski definition) is 2. The first-order valence-electron chi connectivity index (χ1n) is 3.82. The second-order valence-corrected chi connectivity index (χ2v) is 2.63. The summed E-state index contributed by atoms with van der Waals surface area (Å²) in [4.78, 5) is 4.11. The van der Waals surface area contributed by atoms with Gasteiger partial charge in [-0.3, -0.25) is 0 Å². The average molecular weight is 325 g/mol. The molecule has 1 aromatic rings. The molecule has 0 radical (unpaired) electrons. The van der Waals surface area contributed by atoms with Crippen LogP contribution in [-0.4, -0.2) is 5.84 Å². The van der Waals surface area contributed by atoms with Crippen molar-refractivity contribution in [2.45, 2.75) is 13.5 Å². The normalized spacial score (nSPS) is 10.0. The third-order valence-electron chi connectivity index (χ3n) is 1.45. The van der Waals surface area contributed by atoms with Crippen LogP contribution in [0.25, 0.3) is 0 Å². The van der Waals surface area contributed by atoms with E-state index in [2.05, 4.69) is 4.99 Å². The number of benzene rings is 1. The Balaban J connectivity index is 0. The van der Waals surface area contributed by atoms with Crippen LogP contribution in [0, 0.1) is 0 Å². The summed E-state index contributed by atoms with van der Waals surface area (Å²) in [7, 11) is 0. The van der Waals surface area contributed by atoms with Gasteiger partial charge in [0.05, 0.1) is 11.5 Å². The third-order valence-corrected chi connectivity index (χ3v) is 1.45. The molecular formula is C9H15Br2N3. The topological polar surface area (TPSA) is 64.4 Å². The Labute approximate surface area is 105 Å². The molecule has 0 aromatic heterocycles. The van der Waals surface area contributed by atoms with Crippen LogP contribution in [-0.2, 0) is 6.54 Å². The summed E-state index contributed by atoms with van der Waals surface area (Å²) in [5.41, 5.74) is 12.8. The van der Waals surface area contributed by atoms with Gasteiger partial charge in [-0.1, -0.05) is 12.1 Å². The molecule has 0 heterocycles. The summed E-state index contributed by atoms with van der Waals surface area (Å²) in [6, 6.07) is 7.71. The van der Waals surface area contributed by atoms with E-state index in [-0.39, 0.29) is 34.0 Å². The Morgan fingerprint density at radius 2 is 2.00 bits per heavy atom. The second kappa shape index (κ2) is 7.96. The molecule has 0 fully saturated rings. The molecule has 14 heavy (non-hydrogen) atoms. The van der Waals surface area contributed by atoms with Crippen LogP contribution < -0.4 is 11.5 Å². The molecule has 80 valence electrons. The highest BCUT2D eigenvalue weighted by molar-refractivity contribution is 8.93. The van der Waals surface area contributed by atoms with Crippen molar-refractivity contribution in [2.24, 2.45) is 16.5 Å². The highest BCUT2D eigenvalue weighted by Gasteiger charge is 1.91. The lowest BCUT2D eigenvalue weighted by Crippen LogP contribution is -2.04. The standard InChI is InChI=1S/C9H13N3.2BrH/c1-7(11)12-9-4-2-3-8(5-9)6-10;;/h2-5H,6,10H2,1H3,(H2,11,12);2*1H. The molecule has 5 heteroatoms. The lowest BCUT2D eigenvalue weighted by Gasteiger charge is -1.98. The molecule has 0 bridgehead atoms. The van der Waals surface area contributed by atoms with E-state index in [1.807, 2.05) is 24.3 Å². The minimum atomic E-state index is 0. The van der Waals surface area contributed by atoms with E-state index in [4.69, 9.17) is 11.5 Å². The van der Waals surface area contributed by atoms with E-state index < -0.39 is 0 Å². The van der Waals surface area contributed by atoms with Crippen LogP contribution >= 0.6 is 34.0 Å². The van der Waals surface area contributed by atoms with Crippen molar-refractivity contribution in [3.63, 3.8) is 0 Å². The maximum atomic E-state index is 5.47. The zero-order chi connectivity index (χ0) is 8.97. The summed E-state index contributed by atoms with van der Waals surface area (Å²) in [5, 5.41) is 0. The van der Waals surface area contributed by atoms with Gasteiger partial charge in [-0.25, -0.2) is 4.99 Å². The van der Waals surface area contributed by atoms with Gasteiger partial charge in [0, 0.05) is 6.54 Å². The van der Waals surface area contributed by atoms with Crippen molar-refractivity contribution in [3.8, 4) is 0 Å². The SMILES string of the molecule is Br.Br.CC(N)=Nc1cccc(CN)c1. The lowest BCUT2D eigenvalue weighted by molar-refractivity contribution is 1.07. The molecule has 4 N–H and O–H groups in total. The second-order valence-electron chi connectivity index (χ2n) is 2.63. The van der Waals surface area contributed by atoms with Crippen molar-refractivity contribution in [1.29, 1.82) is 0 Å². The minimum absolute atomic E-state index is 0. The number of nitrogens with zero attached hydrogens (tertiary/aromatic N) is 1. The molecular weight excluding hydrogens is 310 g/mol. The summed E-state index contributed by atoms with van der Waals surface area (Å²) in [6.07, 6.45) is 0. The first-order chi connectivity index (χ1) is 5.72. The number of nitrogens with two attached hydrogens (primary N) is 2. The van der Waals surface area contributed by atoms with Crippen LogP contribution in [0.3, 0.4) is 0 Å². The fourth-order valence-corrected chi connectivity index (χ4v) is 0.957. The largest absolute Gasteiger partial charge is 0.387 e. The van der Waals surface area contributed by atoms with E-state index >= 15 is 0 Å². The Bertz CT molecular complexity index is 296. The van der Waals surface area contributed by atoms with Gasteiger partial charge in [0.15, 0.2) is 0 Å². The molecule has 0 aliphatic rings. The summed E-state index contributed by atoms with van der Waals surface area (Å²) >= 11 is 0. The molecule has 3 nitrogen and oxygen atoms in total. The van der Waals surface area contributed by atoms with Crippen molar-refractivity contribution >= 4 is 45.5 Å². The van der Waals surface area contributed by atoms with Gasteiger partial charge < -0.3 is 11.5 Å². The molecule has 0 saturated carbocycles. The molecule has 0 atom stereocenters. The summed E-state index contributed by atoms with van der Waals surface area (Å²) in [6.45, 7) is 2.29. The van der Waals surface area contributed by atoms with Gasteiger partial charge in [0.2, 0.25) is 0 Å². The molecule has 0 spiro atoms. The minimum Gasteiger partial charge on any atom is -0.387 e. The van der Waals surface area contributed by atoms with E-state index in [0.717, 1.165) is 11.3 Å². The number of amidine groups is 1. The van der Waals surface area contributed by atoms with Gasteiger partial charge in [-0.05, 0) is 24.6 Å². The quantitative estimate of drug-likeness (QED) is 0.647. The van der Waals surface area contributed by atoms with Crippen molar-refractivity contribution in [3.05, 3.63) is 29.8 Å². The molecule has 0 saturated heterocycles. The highest BCUT2D eigenvalue weighted by Crippen LogP contribution is 2.13. The average Bonchev–Trinajstić information content (AvgIpc) is 2.03. The van der Waals surface area contributed by atoms with Crippen LogP contribution in [0.15, 0.2) is 29.3 Å². The van der Waals surface area contributed by atoms with Crippen molar-refractivity contribution < 1.29 is 0 Å². The zero-order valence-electron chi connectivity index (χ0n) is 7.93. The predicted molar refractivity (Wildman–Crippen MR) is 71.9 cm³/mol. The molecule has 0 unspecified atom stereocenters. The fraction of sp³-hybridized carbons (Fsp3) is 0.222. The molecule has 1 aromatic carbocycles. The number of rotatable bonds is 2. The maximum absolute atomic E-state index is 5.47. The Morgan fingerprint density at radius 1 is 1.36 bits per heavy atom. The van der Waals surface area contributed by atoms with Crippen LogP contribution in [0.5, 0.6) is 0 Å². The van der Waals surface area contributed by atoms with Crippen LogP contribution in [0.1, 0.15) is 12.5 Å². The Hall–Kier alpha value is -0.390. The first kappa shape index (κ1) is 16.1. The van der Waals surface area contributed by atoms with Crippen molar-refractivity contribution in [2.75, 3.05) is 0 Å². The summed E-state index contributed by atoms with van der Waals surface area (Å²) in [5.74, 6) is 0.559. The number of hydrogen-bond donors (Lipinski definition) is 2. The van der Waals surface area contributed by atoms with Gasteiger partial charge in [-0.15, -0.1) is 34.0 Å². The van der Waals surface area contributed by atoms with E-state index in [1.54, 1.807) is 6.92 Å². The molecule has 0 amide bonds. The summed E-state index contributed by atoms with van der Waals surface area (Å²) < 4.78 is 0. The Morgan fingerprint density at radius 3 is 2.50 bits per heavy atom.